The van der Waals surface area contributed by atoms with Gasteiger partial charge in [0.2, 0.25) is 0 Å². The molecular weight excluding hydrogens is 420 g/mol. The van der Waals surface area contributed by atoms with Gasteiger partial charge in [-0.1, -0.05) is 22.6 Å². The molecule has 0 spiro atoms. The highest BCUT2D eigenvalue weighted by molar-refractivity contribution is 14.1. The molecule has 0 fully saturated rings. The number of hydrogen-bond donors (Lipinski definition) is 2. The van der Waals surface area contributed by atoms with Gasteiger partial charge in [-0.15, -0.1) is 0 Å². The van der Waals surface area contributed by atoms with E-state index in [0.29, 0.717) is 12.1 Å². The monoisotopic (exact) mass is 431 g/mol. The van der Waals surface area contributed by atoms with Gasteiger partial charge in [-0.3, -0.25) is 4.79 Å². The van der Waals surface area contributed by atoms with Crippen LogP contribution in [0.15, 0.2) is 18.2 Å². The van der Waals surface area contributed by atoms with Gasteiger partial charge in [0.05, 0.1) is 3.57 Å². The summed E-state index contributed by atoms with van der Waals surface area (Å²) in [6, 6.07) is 4.92. The highest BCUT2D eigenvalue weighted by atomic mass is 127. The summed E-state index contributed by atoms with van der Waals surface area (Å²) in [5.41, 5.74) is 0.501. The fourth-order valence-electron chi connectivity index (χ4n) is 1.02. The highest BCUT2D eigenvalue weighted by Gasteiger charge is 2.06. The van der Waals surface area contributed by atoms with E-state index >= 15 is 0 Å². The van der Waals surface area contributed by atoms with Crippen LogP contribution in [0.3, 0.4) is 0 Å². The normalized spacial score (nSPS) is 10.0. The van der Waals surface area contributed by atoms with Crippen molar-refractivity contribution < 1.29 is 9.90 Å². The molecule has 0 saturated heterocycles. The molecule has 1 rings (SSSR count). The van der Waals surface area contributed by atoms with Crippen LogP contribution >= 0.6 is 45.2 Å². The lowest BCUT2D eigenvalue weighted by atomic mass is 10.2. The minimum Gasteiger partial charge on any atom is -0.507 e. The zero-order valence-electron chi connectivity index (χ0n) is 7.96. The van der Waals surface area contributed by atoms with Crippen molar-refractivity contribution in [2.45, 2.75) is 6.42 Å². The third-order valence-corrected chi connectivity index (χ3v) is 3.48. The number of alkyl halides is 1. The highest BCUT2D eigenvalue weighted by Crippen LogP contribution is 2.20. The standard InChI is InChI=1S/C10H11I2NO2/c11-4-1-5-13-10(15)7-2-3-8(12)9(14)6-7/h2-3,6,14H,1,4-5H2,(H,13,15). The van der Waals surface area contributed by atoms with Gasteiger partial charge in [0.1, 0.15) is 5.75 Å². The number of hydrogen-bond acceptors (Lipinski definition) is 2. The second kappa shape index (κ2) is 6.51. The lowest BCUT2D eigenvalue weighted by molar-refractivity contribution is 0.0953. The first-order chi connectivity index (χ1) is 7.15. The zero-order chi connectivity index (χ0) is 11.3. The first-order valence-electron chi connectivity index (χ1n) is 4.48. The summed E-state index contributed by atoms with van der Waals surface area (Å²) in [5, 5.41) is 12.2. The SMILES string of the molecule is O=C(NCCCI)c1ccc(I)c(O)c1. The number of halogens is 2. The van der Waals surface area contributed by atoms with Crippen molar-refractivity contribution in [2.24, 2.45) is 0 Å². The van der Waals surface area contributed by atoms with Gasteiger partial charge in [-0.25, -0.2) is 0 Å². The molecule has 0 aliphatic heterocycles. The van der Waals surface area contributed by atoms with Crippen LogP contribution in [0, 0.1) is 3.57 Å². The summed E-state index contributed by atoms with van der Waals surface area (Å²) >= 11 is 4.28. The molecule has 1 amide bonds. The quantitative estimate of drug-likeness (QED) is 0.438. The van der Waals surface area contributed by atoms with E-state index in [9.17, 15) is 9.90 Å². The lowest BCUT2D eigenvalue weighted by Crippen LogP contribution is -2.24. The Morgan fingerprint density at radius 1 is 1.47 bits per heavy atom. The van der Waals surface area contributed by atoms with Crippen LogP contribution in [0.1, 0.15) is 16.8 Å². The predicted molar refractivity (Wildman–Crippen MR) is 76.7 cm³/mol. The lowest BCUT2D eigenvalue weighted by Gasteiger charge is -2.05. The van der Waals surface area contributed by atoms with Crippen molar-refractivity contribution in [3.05, 3.63) is 27.3 Å². The van der Waals surface area contributed by atoms with Crippen LogP contribution in [-0.2, 0) is 0 Å². The summed E-state index contributed by atoms with van der Waals surface area (Å²) in [7, 11) is 0. The maximum atomic E-state index is 11.6. The van der Waals surface area contributed by atoms with Crippen molar-refractivity contribution >= 4 is 51.1 Å². The molecule has 0 aliphatic carbocycles. The number of phenolic OH excluding ortho intramolecular Hbond substituents is 1. The summed E-state index contributed by atoms with van der Waals surface area (Å²) in [4.78, 5) is 11.6. The predicted octanol–water partition coefficient (Wildman–Crippen LogP) is 2.55. The molecule has 0 aliphatic rings. The zero-order valence-corrected chi connectivity index (χ0v) is 12.3. The minimum absolute atomic E-state index is 0.133. The van der Waals surface area contributed by atoms with E-state index in [1.165, 1.54) is 6.07 Å². The fraction of sp³-hybridized carbons (Fsp3) is 0.300. The molecule has 0 unspecified atom stereocenters. The second-order valence-corrected chi connectivity index (χ2v) is 5.21. The van der Waals surface area contributed by atoms with E-state index in [-0.39, 0.29) is 11.7 Å². The van der Waals surface area contributed by atoms with E-state index in [2.05, 4.69) is 27.9 Å². The number of benzene rings is 1. The summed E-state index contributed by atoms with van der Waals surface area (Å²) in [6.07, 6.45) is 0.961. The smallest absolute Gasteiger partial charge is 0.251 e. The van der Waals surface area contributed by atoms with E-state index < -0.39 is 0 Å². The van der Waals surface area contributed by atoms with Crippen LogP contribution < -0.4 is 5.32 Å². The number of carbonyl (C=O) groups excluding carboxylic acids is 1. The molecule has 0 heterocycles. The molecule has 0 aromatic heterocycles. The Morgan fingerprint density at radius 3 is 2.80 bits per heavy atom. The van der Waals surface area contributed by atoms with Crippen molar-refractivity contribution in [3.63, 3.8) is 0 Å². The molecule has 3 nitrogen and oxygen atoms in total. The first kappa shape index (κ1) is 13.0. The van der Waals surface area contributed by atoms with Crippen molar-refractivity contribution in [2.75, 3.05) is 11.0 Å². The largest absolute Gasteiger partial charge is 0.507 e. The number of phenols is 1. The van der Waals surface area contributed by atoms with Gasteiger partial charge in [0, 0.05) is 16.5 Å². The van der Waals surface area contributed by atoms with Crippen LogP contribution in [0.5, 0.6) is 5.75 Å². The van der Waals surface area contributed by atoms with E-state index in [1.807, 2.05) is 22.6 Å². The van der Waals surface area contributed by atoms with Crippen LogP contribution in [0.25, 0.3) is 0 Å². The summed E-state index contributed by atoms with van der Waals surface area (Å²) < 4.78 is 1.77. The maximum absolute atomic E-state index is 11.6. The number of rotatable bonds is 4. The minimum atomic E-state index is -0.133. The van der Waals surface area contributed by atoms with Crippen LogP contribution in [0.4, 0.5) is 0 Å². The van der Waals surface area contributed by atoms with Gasteiger partial charge in [0.25, 0.3) is 5.91 Å². The Bertz CT molecular complexity index is 355. The third kappa shape index (κ3) is 4.13. The number of nitrogens with one attached hydrogen (secondary N) is 1. The molecule has 0 radical (unpaired) electrons. The Hall–Kier alpha value is -0.0500. The van der Waals surface area contributed by atoms with Gasteiger partial charge >= 0.3 is 0 Å². The molecule has 0 atom stereocenters. The van der Waals surface area contributed by atoms with Crippen molar-refractivity contribution in [1.82, 2.24) is 5.32 Å². The van der Waals surface area contributed by atoms with Gasteiger partial charge in [-0.05, 0) is 47.2 Å². The van der Waals surface area contributed by atoms with Crippen LogP contribution in [-0.4, -0.2) is 22.0 Å². The molecule has 2 N–H and O–H groups in total. The number of amides is 1. The summed E-state index contributed by atoms with van der Waals surface area (Å²) in [5.74, 6) is 0.0173. The Balaban J connectivity index is 2.62. The first-order valence-corrected chi connectivity index (χ1v) is 7.08. The summed E-state index contributed by atoms with van der Waals surface area (Å²) in [6.45, 7) is 0.675. The third-order valence-electron chi connectivity index (χ3n) is 1.80. The molecule has 15 heavy (non-hydrogen) atoms. The fourth-order valence-corrected chi connectivity index (χ4v) is 1.74. The molecule has 1 aromatic carbocycles. The Kier molecular flexibility index (Phi) is 5.65. The van der Waals surface area contributed by atoms with E-state index in [1.54, 1.807) is 12.1 Å². The molecular formula is C10H11I2NO2. The maximum Gasteiger partial charge on any atom is 0.251 e. The average molecular weight is 431 g/mol. The van der Waals surface area contributed by atoms with Gasteiger partial charge in [0.15, 0.2) is 0 Å². The van der Waals surface area contributed by atoms with E-state index in [0.717, 1.165) is 14.4 Å². The van der Waals surface area contributed by atoms with E-state index in [4.69, 9.17) is 0 Å². The molecule has 82 valence electrons. The molecule has 0 bridgehead atoms. The van der Waals surface area contributed by atoms with Crippen molar-refractivity contribution in [1.29, 1.82) is 0 Å². The van der Waals surface area contributed by atoms with Crippen molar-refractivity contribution in [3.8, 4) is 5.75 Å². The Labute approximate surface area is 116 Å². The van der Waals surface area contributed by atoms with Crippen LogP contribution in [0.2, 0.25) is 0 Å². The molecule has 0 saturated carbocycles. The molecule has 1 aromatic rings. The Morgan fingerprint density at radius 2 is 2.20 bits per heavy atom. The van der Waals surface area contributed by atoms with Gasteiger partial charge < -0.3 is 10.4 Å². The topological polar surface area (TPSA) is 49.3 Å². The second-order valence-electron chi connectivity index (χ2n) is 2.96. The molecule has 5 heteroatoms. The number of aromatic hydroxyl groups is 1. The van der Waals surface area contributed by atoms with Gasteiger partial charge in [-0.2, -0.15) is 0 Å². The average Bonchev–Trinajstić information content (AvgIpc) is 2.22. The number of carbonyl (C=O) groups is 1.